The third-order valence-electron chi connectivity index (χ3n) is 1.73. The molecule has 0 fully saturated rings. The van der Waals surface area contributed by atoms with Crippen molar-refractivity contribution >= 4 is 32.6 Å². The maximum Gasteiger partial charge on any atom is 0.217 e. The largest absolute Gasteiger partial charge is 0.228 e. The van der Waals surface area contributed by atoms with Crippen molar-refractivity contribution in [2.45, 2.75) is 15.6 Å². The van der Waals surface area contributed by atoms with Crippen LogP contribution < -0.4 is 5.14 Å². The number of nitrogens with two attached hydrogens (primary N) is 1. The van der Waals surface area contributed by atoms with Crippen LogP contribution in [0.15, 0.2) is 24.3 Å². The summed E-state index contributed by atoms with van der Waals surface area (Å²) in [6.07, 6.45) is 6.98. The molecule has 1 aliphatic carbocycles. The minimum absolute atomic E-state index is 0.430. The second-order valence-corrected chi connectivity index (χ2v) is 6.92. The molecule has 3 nitrogen and oxygen atoms in total. The molecule has 68 valence electrons. The Balaban J connectivity index is 3.08. The first-order valence-corrected chi connectivity index (χ1v) is 6.09. The van der Waals surface area contributed by atoms with E-state index >= 15 is 0 Å². The van der Waals surface area contributed by atoms with E-state index in [2.05, 4.69) is 22.6 Å². The summed E-state index contributed by atoms with van der Waals surface area (Å²) in [5, 5.41) is 4.45. The number of primary sulfonamides is 1. The average Bonchev–Trinajstić information content (AvgIpc) is 1.83. The highest BCUT2D eigenvalue weighted by Crippen LogP contribution is 2.31. The van der Waals surface area contributed by atoms with E-state index in [-0.39, 0.29) is 0 Å². The van der Waals surface area contributed by atoms with Crippen molar-refractivity contribution in [1.29, 1.82) is 0 Å². The molecular formula is C7H10INO2S. The predicted octanol–water partition coefficient (Wildman–Crippen LogP) is 0.963. The highest BCUT2D eigenvalue weighted by atomic mass is 127. The minimum Gasteiger partial charge on any atom is -0.228 e. The third-order valence-corrected chi connectivity index (χ3v) is 4.54. The maximum absolute atomic E-state index is 11.1. The second kappa shape index (κ2) is 3.12. The lowest BCUT2D eigenvalue weighted by Gasteiger charge is -2.27. The van der Waals surface area contributed by atoms with Crippen molar-refractivity contribution in [1.82, 2.24) is 0 Å². The summed E-state index contributed by atoms with van der Waals surface area (Å²) in [5.41, 5.74) is 0. The van der Waals surface area contributed by atoms with Crippen LogP contribution in [-0.4, -0.2) is 17.1 Å². The van der Waals surface area contributed by atoms with Crippen molar-refractivity contribution in [3.8, 4) is 0 Å². The lowest BCUT2D eigenvalue weighted by molar-refractivity contribution is 0.583. The van der Waals surface area contributed by atoms with Gasteiger partial charge in [0.05, 0.1) is 3.42 Å². The van der Waals surface area contributed by atoms with Gasteiger partial charge in [-0.15, -0.1) is 0 Å². The SMILES string of the molecule is CC1(I)C=CC=CC1S(N)(=O)=O. The van der Waals surface area contributed by atoms with Gasteiger partial charge in [-0.25, -0.2) is 13.6 Å². The molecule has 0 amide bonds. The second-order valence-electron chi connectivity index (χ2n) is 2.90. The molecule has 5 heteroatoms. The Bertz CT molecular complexity index is 329. The zero-order valence-electron chi connectivity index (χ0n) is 6.57. The minimum atomic E-state index is -3.48. The van der Waals surface area contributed by atoms with Crippen LogP contribution in [0, 0.1) is 0 Å². The van der Waals surface area contributed by atoms with Crippen molar-refractivity contribution in [3.63, 3.8) is 0 Å². The van der Waals surface area contributed by atoms with Crippen LogP contribution in [0.3, 0.4) is 0 Å². The molecule has 12 heavy (non-hydrogen) atoms. The standard InChI is InChI=1S/C7H10INO2S/c1-7(8)5-3-2-4-6(7)12(9,10)11/h2-6H,1H3,(H2,9,10,11). The fourth-order valence-electron chi connectivity index (χ4n) is 1.12. The first-order chi connectivity index (χ1) is 5.34. The number of halogens is 1. The molecule has 2 N–H and O–H groups in total. The topological polar surface area (TPSA) is 60.2 Å². The molecule has 0 aliphatic heterocycles. The van der Waals surface area contributed by atoms with Crippen LogP contribution in [-0.2, 0) is 10.0 Å². The number of alkyl halides is 1. The number of sulfonamides is 1. The lowest BCUT2D eigenvalue weighted by atomic mass is 10.0. The van der Waals surface area contributed by atoms with Gasteiger partial charge in [-0.3, -0.25) is 0 Å². The van der Waals surface area contributed by atoms with Gasteiger partial charge in [0, 0.05) is 0 Å². The van der Waals surface area contributed by atoms with Crippen LogP contribution in [0.5, 0.6) is 0 Å². The predicted molar refractivity (Wildman–Crippen MR) is 57.6 cm³/mol. The number of allylic oxidation sites excluding steroid dienone is 3. The molecule has 2 atom stereocenters. The van der Waals surface area contributed by atoms with Crippen molar-refractivity contribution in [2.24, 2.45) is 5.14 Å². The van der Waals surface area contributed by atoms with E-state index in [1.807, 2.05) is 19.1 Å². The van der Waals surface area contributed by atoms with Gasteiger partial charge in [-0.2, -0.15) is 0 Å². The zero-order chi connectivity index (χ0) is 9.41. The van der Waals surface area contributed by atoms with Gasteiger partial charge >= 0.3 is 0 Å². The monoisotopic (exact) mass is 299 g/mol. The van der Waals surface area contributed by atoms with E-state index in [4.69, 9.17) is 5.14 Å². The van der Waals surface area contributed by atoms with E-state index in [0.29, 0.717) is 0 Å². The molecule has 0 bridgehead atoms. The molecule has 1 rings (SSSR count). The number of hydrogen-bond donors (Lipinski definition) is 1. The highest BCUT2D eigenvalue weighted by Gasteiger charge is 2.36. The molecule has 0 saturated carbocycles. The molecule has 0 aromatic carbocycles. The van der Waals surface area contributed by atoms with Gasteiger partial charge in [0.15, 0.2) is 0 Å². The van der Waals surface area contributed by atoms with Crippen LogP contribution >= 0.6 is 22.6 Å². The van der Waals surface area contributed by atoms with Crippen LogP contribution in [0.2, 0.25) is 0 Å². The van der Waals surface area contributed by atoms with Gasteiger partial charge in [0.25, 0.3) is 0 Å². The molecule has 1 aliphatic rings. The quantitative estimate of drug-likeness (QED) is 0.579. The Kier molecular flexibility index (Phi) is 2.65. The third kappa shape index (κ3) is 2.08. The Morgan fingerprint density at radius 2 is 2.08 bits per heavy atom. The normalized spacial score (nSPS) is 35.4. The average molecular weight is 299 g/mol. The molecule has 0 aromatic rings. The van der Waals surface area contributed by atoms with Crippen molar-refractivity contribution in [3.05, 3.63) is 24.3 Å². The van der Waals surface area contributed by atoms with E-state index in [1.165, 1.54) is 0 Å². The fraction of sp³-hybridized carbons (Fsp3) is 0.429. The summed E-state index contributed by atoms with van der Waals surface area (Å²) in [6, 6.07) is 0. The summed E-state index contributed by atoms with van der Waals surface area (Å²) in [6.45, 7) is 1.84. The van der Waals surface area contributed by atoms with E-state index in [1.54, 1.807) is 12.2 Å². The van der Waals surface area contributed by atoms with Crippen molar-refractivity contribution in [2.75, 3.05) is 0 Å². The smallest absolute Gasteiger partial charge is 0.217 e. The lowest BCUT2D eigenvalue weighted by Crippen LogP contribution is -2.41. The number of rotatable bonds is 1. The first kappa shape index (κ1) is 10.2. The zero-order valence-corrected chi connectivity index (χ0v) is 9.54. The molecule has 0 radical (unpaired) electrons. The fourth-order valence-corrected chi connectivity index (χ4v) is 3.63. The molecule has 0 spiro atoms. The van der Waals surface area contributed by atoms with Crippen LogP contribution in [0.25, 0.3) is 0 Å². The van der Waals surface area contributed by atoms with Gasteiger partial charge < -0.3 is 0 Å². The van der Waals surface area contributed by atoms with Gasteiger partial charge in [-0.1, -0.05) is 46.9 Å². The van der Waals surface area contributed by atoms with E-state index in [9.17, 15) is 8.42 Å². The Morgan fingerprint density at radius 3 is 2.42 bits per heavy atom. The molecule has 0 saturated heterocycles. The summed E-state index contributed by atoms with van der Waals surface area (Å²) < 4.78 is 21.7. The summed E-state index contributed by atoms with van der Waals surface area (Å²) in [4.78, 5) is 0. The maximum atomic E-state index is 11.1. The first-order valence-electron chi connectivity index (χ1n) is 3.40. The van der Waals surface area contributed by atoms with E-state index in [0.717, 1.165) is 0 Å². The Morgan fingerprint density at radius 1 is 1.50 bits per heavy atom. The molecule has 0 heterocycles. The van der Waals surface area contributed by atoms with Crippen LogP contribution in [0.1, 0.15) is 6.92 Å². The number of hydrogen-bond acceptors (Lipinski definition) is 2. The van der Waals surface area contributed by atoms with Gasteiger partial charge in [0.2, 0.25) is 10.0 Å². The summed E-state index contributed by atoms with van der Waals surface area (Å²) >= 11 is 2.08. The highest BCUT2D eigenvalue weighted by molar-refractivity contribution is 14.1. The van der Waals surface area contributed by atoms with Crippen LogP contribution in [0.4, 0.5) is 0 Å². The van der Waals surface area contributed by atoms with Crippen molar-refractivity contribution < 1.29 is 8.42 Å². The molecule has 0 aromatic heterocycles. The molecule has 2 unspecified atom stereocenters. The Labute approximate surface area is 85.9 Å². The van der Waals surface area contributed by atoms with Gasteiger partial charge in [0.1, 0.15) is 5.25 Å². The van der Waals surface area contributed by atoms with E-state index < -0.39 is 18.7 Å². The summed E-state index contributed by atoms with van der Waals surface area (Å²) in [5.74, 6) is 0. The molecular weight excluding hydrogens is 289 g/mol. The van der Waals surface area contributed by atoms with Gasteiger partial charge in [-0.05, 0) is 6.92 Å². The summed E-state index contributed by atoms with van der Waals surface area (Å²) in [7, 11) is -3.48. The Hall–Kier alpha value is 0.120.